The number of hydrogen-bond donors (Lipinski definition) is 2. The van der Waals surface area contributed by atoms with Crippen molar-refractivity contribution in [2.45, 2.75) is 20.4 Å². The van der Waals surface area contributed by atoms with Gasteiger partial charge in [-0.25, -0.2) is 0 Å². The van der Waals surface area contributed by atoms with E-state index in [1.807, 2.05) is 36.9 Å². The maximum absolute atomic E-state index is 11.7. The van der Waals surface area contributed by atoms with Gasteiger partial charge in [-0.15, -0.1) is 0 Å². The van der Waals surface area contributed by atoms with Gasteiger partial charge in [0.2, 0.25) is 5.91 Å². The van der Waals surface area contributed by atoms with Crippen LogP contribution in [0.1, 0.15) is 19.4 Å². The normalized spacial score (nSPS) is 10.2. The summed E-state index contributed by atoms with van der Waals surface area (Å²) in [5.74, 6) is 0.00213. The van der Waals surface area contributed by atoms with E-state index in [-0.39, 0.29) is 5.91 Å². The van der Waals surface area contributed by atoms with Gasteiger partial charge < -0.3 is 16.0 Å². The largest absolute Gasteiger partial charge is 0.362 e. The summed E-state index contributed by atoms with van der Waals surface area (Å²) in [6.45, 7) is 6.01. The molecule has 0 unspecified atom stereocenters. The highest BCUT2D eigenvalue weighted by Crippen LogP contribution is 2.24. The van der Waals surface area contributed by atoms with E-state index in [1.54, 1.807) is 0 Å². The molecule has 1 aromatic carbocycles. The van der Waals surface area contributed by atoms with E-state index >= 15 is 0 Å². The summed E-state index contributed by atoms with van der Waals surface area (Å²) < 4.78 is 0. The Morgan fingerprint density at radius 2 is 2.17 bits per heavy atom. The molecule has 4 nitrogen and oxygen atoms in total. The number of nitrogens with one attached hydrogen (secondary N) is 1. The molecule has 0 atom stereocenters. The predicted octanol–water partition coefficient (Wildman–Crippen LogP) is 1.76. The van der Waals surface area contributed by atoms with Gasteiger partial charge in [0.25, 0.3) is 0 Å². The van der Waals surface area contributed by atoms with Crippen LogP contribution in [0, 0.1) is 0 Å². The van der Waals surface area contributed by atoms with E-state index in [0.717, 1.165) is 17.8 Å². The number of nitrogens with zero attached hydrogens (tertiary/aromatic N) is 1. The third kappa shape index (κ3) is 3.89. The Morgan fingerprint density at radius 1 is 1.44 bits per heavy atom. The van der Waals surface area contributed by atoms with Crippen molar-refractivity contribution in [3.05, 3.63) is 28.8 Å². The SMILES string of the molecule is CCNC(=O)CN(CC)c1cc(Cl)ccc1CN. The number of carbonyl (C=O) groups is 1. The molecule has 5 heteroatoms. The van der Waals surface area contributed by atoms with Crippen molar-refractivity contribution in [1.82, 2.24) is 5.32 Å². The molecule has 0 bridgehead atoms. The second-order valence-electron chi connectivity index (χ2n) is 3.94. The molecule has 1 amide bonds. The zero-order valence-corrected chi connectivity index (χ0v) is 11.6. The van der Waals surface area contributed by atoms with Crippen molar-refractivity contribution in [2.24, 2.45) is 5.73 Å². The Bertz CT molecular complexity index is 409. The van der Waals surface area contributed by atoms with Crippen molar-refractivity contribution in [1.29, 1.82) is 0 Å². The number of amides is 1. The van der Waals surface area contributed by atoms with Crippen LogP contribution in [0.2, 0.25) is 5.02 Å². The summed E-state index contributed by atoms with van der Waals surface area (Å²) in [4.78, 5) is 13.6. The molecular formula is C13H20ClN3O. The molecule has 0 aliphatic rings. The van der Waals surface area contributed by atoms with Crippen LogP contribution in [0.3, 0.4) is 0 Å². The molecule has 0 aliphatic carbocycles. The molecule has 1 rings (SSSR count). The van der Waals surface area contributed by atoms with Crippen molar-refractivity contribution >= 4 is 23.2 Å². The average Bonchev–Trinajstić information content (AvgIpc) is 2.36. The van der Waals surface area contributed by atoms with Gasteiger partial charge in [-0.3, -0.25) is 4.79 Å². The topological polar surface area (TPSA) is 58.4 Å². The van der Waals surface area contributed by atoms with Gasteiger partial charge in [0.1, 0.15) is 0 Å². The van der Waals surface area contributed by atoms with Crippen LogP contribution in [0.25, 0.3) is 0 Å². The summed E-state index contributed by atoms with van der Waals surface area (Å²) in [5.41, 5.74) is 7.63. The number of nitrogens with two attached hydrogens (primary N) is 1. The van der Waals surface area contributed by atoms with E-state index in [1.165, 1.54) is 0 Å². The van der Waals surface area contributed by atoms with Crippen LogP contribution in [-0.4, -0.2) is 25.5 Å². The Labute approximate surface area is 113 Å². The van der Waals surface area contributed by atoms with Crippen LogP contribution >= 0.6 is 11.6 Å². The van der Waals surface area contributed by atoms with Crippen LogP contribution in [0.15, 0.2) is 18.2 Å². The Hall–Kier alpha value is -1.26. The number of likely N-dealkylation sites (N-methyl/N-ethyl adjacent to an activating group) is 2. The monoisotopic (exact) mass is 269 g/mol. The van der Waals surface area contributed by atoms with Gasteiger partial charge in [0.05, 0.1) is 6.54 Å². The summed E-state index contributed by atoms with van der Waals surface area (Å²) in [5, 5.41) is 3.44. The van der Waals surface area contributed by atoms with Crippen LogP contribution < -0.4 is 16.0 Å². The van der Waals surface area contributed by atoms with Crippen LogP contribution in [0.4, 0.5) is 5.69 Å². The van der Waals surface area contributed by atoms with Gasteiger partial charge in [0, 0.05) is 30.3 Å². The fourth-order valence-electron chi connectivity index (χ4n) is 1.80. The number of halogens is 1. The molecule has 0 saturated carbocycles. The maximum Gasteiger partial charge on any atom is 0.239 e. The molecule has 100 valence electrons. The lowest BCUT2D eigenvalue weighted by molar-refractivity contribution is -0.119. The van der Waals surface area contributed by atoms with Gasteiger partial charge in [0.15, 0.2) is 0 Å². The molecule has 0 heterocycles. The Balaban J connectivity index is 2.93. The van der Waals surface area contributed by atoms with Crippen molar-refractivity contribution in [3.8, 4) is 0 Å². The lowest BCUT2D eigenvalue weighted by Crippen LogP contribution is -2.37. The summed E-state index contributed by atoms with van der Waals surface area (Å²) >= 11 is 6.00. The number of hydrogen-bond acceptors (Lipinski definition) is 3. The minimum absolute atomic E-state index is 0.00213. The minimum atomic E-state index is 0.00213. The zero-order chi connectivity index (χ0) is 13.5. The molecule has 18 heavy (non-hydrogen) atoms. The molecule has 0 fully saturated rings. The number of anilines is 1. The Kier molecular flexibility index (Phi) is 5.95. The predicted molar refractivity (Wildman–Crippen MR) is 75.9 cm³/mol. The van der Waals surface area contributed by atoms with E-state index in [9.17, 15) is 4.79 Å². The molecule has 3 N–H and O–H groups in total. The number of benzene rings is 1. The molecule has 0 aliphatic heterocycles. The minimum Gasteiger partial charge on any atom is -0.362 e. The average molecular weight is 270 g/mol. The first-order chi connectivity index (χ1) is 8.62. The highest BCUT2D eigenvalue weighted by Gasteiger charge is 2.13. The van der Waals surface area contributed by atoms with Gasteiger partial charge >= 0.3 is 0 Å². The highest BCUT2D eigenvalue weighted by atomic mass is 35.5. The fraction of sp³-hybridized carbons (Fsp3) is 0.462. The van der Waals surface area contributed by atoms with Crippen LogP contribution in [0.5, 0.6) is 0 Å². The first-order valence-electron chi connectivity index (χ1n) is 6.12. The van der Waals surface area contributed by atoms with Gasteiger partial charge in [-0.05, 0) is 31.5 Å². The number of rotatable bonds is 6. The second-order valence-corrected chi connectivity index (χ2v) is 4.38. The molecule has 0 radical (unpaired) electrons. The van der Waals surface area contributed by atoms with Crippen molar-refractivity contribution in [3.63, 3.8) is 0 Å². The van der Waals surface area contributed by atoms with Gasteiger partial charge in [-0.2, -0.15) is 0 Å². The molecular weight excluding hydrogens is 250 g/mol. The maximum atomic E-state index is 11.7. The zero-order valence-electron chi connectivity index (χ0n) is 10.9. The van der Waals surface area contributed by atoms with Gasteiger partial charge in [-0.1, -0.05) is 17.7 Å². The van der Waals surface area contributed by atoms with E-state index in [0.29, 0.717) is 24.7 Å². The quantitative estimate of drug-likeness (QED) is 0.827. The van der Waals surface area contributed by atoms with E-state index in [4.69, 9.17) is 17.3 Å². The van der Waals surface area contributed by atoms with Crippen LogP contribution in [-0.2, 0) is 11.3 Å². The third-order valence-electron chi connectivity index (χ3n) is 2.70. The summed E-state index contributed by atoms with van der Waals surface area (Å²) in [7, 11) is 0. The summed E-state index contributed by atoms with van der Waals surface area (Å²) in [6, 6.07) is 5.57. The fourth-order valence-corrected chi connectivity index (χ4v) is 1.96. The van der Waals surface area contributed by atoms with E-state index < -0.39 is 0 Å². The molecule has 1 aromatic rings. The lowest BCUT2D eigenvalue weighted by Gasteiger charge is -2.25. The van der Waals surface area contributed by atoms with E-state index in [2.05, 4.69) is 5.32 Å². The molecule has 0 saturated heterocycles. The first kappa shape index (κ1) is 14.8. The smallest absolute Gasteiger partial charge is 0.239 e. The number of carbonyl (C=O) groups excluding carboxylic acids is 1. The molecule has 0 aromatic heterocycles. The standard InChI is InChI=1S/C13H20ClN3O/c1-3-16-13(18)9-17(4-2)12-7-11(14)6-5-10(12)8-15/h5-7H,3-4,8-9,15H2,1-2H3,(H,16,18). The highest BCUT2D eigenvalue weighted by molar-refractivity contribution is 6.30. The van der Waals surface area contributed by atoms with Crippen molar-refractivity contribution < 1.29 is 4.79 Å². The lowest BCUT2D eigenvalue weighted by atomic mass is 10.1. The first-order valence-corrected chi connectivity index (χ1v) is 6.50. The summed E-state index contributed by atoms with van der Waals surface area (Å²) in [6.07, 6.45) is 0. The Morgan fingerprint density at radius 3 is 2.72 bits per heavy atom. The molecule has 0 spiro atoms. The second kappa shape index (κ2) is 7.24. The van der Waals surface area contributed by atoms with Crippen molar-refractivity contribution in [2.75, 3.05) is 24.5 Å². The third-order valence-corrected chi connectivity index (χ3v) is 2.93.